The van der Waals surface area contributed by atoms with Gasteiger partial charge in [-0.05, 0) is 50.3 Å². The van der Waals surface area contributed by atoms with Crippen molar-refractivity contribution in [3.8, 4) is 0 Å². The van der Waals surface area contributed by atoms with Gasteiger partial charge in [0.15, 0.2) is 0 Å². The van der Waals surface area contributed by atoms with E-state index in [2.05, 4.69) is 47.5 Å². The third kappa shape index (κ3) is 6.16. The molecule has 0 aromatic heterocycles. The number of aliphatic hydroxyl groups is 1. The minimum Gasteiger partial charge on any atom is -0.396 e. The van der Waals surface area contributed by atoms with Crippen molar-refractivity contribution in [1.29, 1.82) is 0 Å². The van der Waals surface area contributed by atoms with Crippen LogP contribution in [-0.2, 0) is 6.42 Å². The van der Waals surface area contributed by atoms with Crippen molar-refractivity contribution in [3.63, 3.8) is 0 Å². The Bertz CT molecular complexity index is 382. The molecule has 1 aliphatic rings. The SMILES string of the molecule is CC(CO)CCCNC1CCN(CCc2ccccc2)C1. The molecule has 1 aliphatic heterocycles. The van der Waals surface area contributed by atoms with Gasteiger partial charge in [0.05, 0.1) is 0 Å². The van der Waals surface area contributed by atoms with Crippen molar-refractivity contribution >= 4 is 0 Å². The van der Waals surface area contributed by atoms with Gasteiger partial charge in [0.1, 0.15) is 0 Å². The Morgan fingerprint density at radius 2 is 2.14 bits per heavy atom. The predicted molar refractivity (Wildman–Crippen MR) is 88.5 cm³/mol. The number of aliphatic hydroxyl groups excluding tert-OH is 1. The molecular formula is C18H30N2O. The van der Waals surface area contributed by atoms with Gasteiger partial charge in [0.25, 0.3) is 0 Å². The average Bonchev–Trinajstić information content (AvgIpc) is 2.98. The molecule has 3 nitrogen and oxygen atoms in total. The molecule has 118 valence electrons. The lowest BCUT2D eigenvalue weighted by Crippen LogP contribution is -2.34. The normalized spacial score (nSPS) is 20.8. The summed E-state index contributed by atoms with van der Waals surface area (Å²) in [5.41, 5.74) is 1.44. The summed E-state index contributed by atoms with van der Waals surface area (Å²) in [4.78, 5) is 2.57. The highest BCUT2D eigenvalue weighted by molar-refractivity contribution is 5.14. The van der Waals surface area contributed by atoms with Gasteiger partial charge < -0.3 is 15.3 Å². The molecule has 0 amide bonds. The van der Waals surface area contributed by atoms with Crippen molar-refractivity contribution < 1.29 is 5.11 Å². The van der Waals surface area contributed by atoms with Gasteiger partial charge >= 0.3 is 0 Å². The van der Waals surface area contributed by atoms with E-state index in [1.807, 2.05) is 0 Å². The van der Waals surface area contributed by atoms with E-state index in [1.54, 1.807) is 0 Å². The summed E-state index contributed by atoms with van der Waals surface area (Å²) in [7, 11) is 0. The van der Waals surface area contributed by atoms with E-state index in [-0.39, 0.29) is 0 Å². The fourth-order valence-corrected chi connectivity index (χ4v) is 2.98. The summed E-state index contributed by atoms with van der Waals surface area (Å²) in [5, 5.41) is 12.7. The molecule has 0 bridgehead atoms. The Balaban J connectivity index is 1.56. The minimum atomic E-state index is 0.316. The molecule has 1 fully saturated rings. The van der Waals surface area contributed by atoms with Crippen LogP contribution >= 0.6 is 0 Å². The largest absolute Gasteiger partial charge is 0.396 e. The monoisotopic (exact) mass is 290 g/mol. The first kappa shape index (κ1) is 16.5. The van der Waals surface area contributed by atoms with Crippen LogP contribution in [0.4, 0.5) is 0 Å². The van der Waals surface area contributed by atoms with Crippen molar-refractivity contribution in [2.75, 3.05) is 32.8 Å². The lowest BCUT2D eigenvalue weighted by atomic mass is 10.1. The maximum absolute atomic E-state index is 9.01. The molecular weight excluding hydrogens is 260 g/mol. The topological polar surface area (TPSA) is 35.5 Å². The average molecular weight is 290 g/mol. The number of nitrogens with one attached hydrogen (secondary N) is 1. The molecule has 0 spiro atoms. The Morgan fingerprint density at radius 3 is 2.90 bits per heavy atom. The molecule has 3 heteroatoms. The molecule has 1 saturated heterocycles. The zero-order valence-electron chi connectivity index (χ0n) is 13.3. The molecule has 1 aromatic carbocycles. The van der Waals surface area contributed by atoms with Gasteiger partial charge in [-0.3, -0.25) is 0 Å². The number of hydrogen-bond acceptors (Lipinski definition) is 3. The van der Waals surface area contributed by atoms with Gasteiger partial charge in [-0.15, -0.1) is 0 Å². The van der Waals surface area contributed by atoms with Crippen LogP contribution in [0, 0.1) is 5.92 Å². The van der Waals surface area contributed by atoms with Crippen molar-refractivity contribution in [2.24, 2.45) is 5.92 Å². The second-order valence-corrected chi connectivity index (χ2v) is 6.41. The smallest absolute Gasteiger partial charge is 0.0456 e. The lowest BCUT2D eigenvalue weighted by Gasteiger charge is -2.17. The molecule has 1 heterocycles. The fourth-order valence-electron chi connectivity index (χ4n) is 2.98. The third-order valence-corrected chi connectivity index (χ3v) is 4.45. The lowest BCUT2D eigenvalue weighted by molar-refractivity contribution is 0.227. The van der Waals surface area contributed by atoms with Crippen LogP contribution in [0.5, 0.6) is 0 Å². The van der Waals surface area contributed by atoms with E-state index in [9.17, 15) is 0 Å². The molecule has 0 radical (unpaired) electrons. The standard InChI is InChI=1S/C18H30N2O/c1-16(15-21)6-5-11-19-18-10-13-20(14-18)12-9-17-7-3-2-4-8-17/h2-4,7-8,16,18-19,21H,5-6,9-15H2,1H3. The van der Waals surface area contributed by atoms with E-state index < -0.39 is 0 Å². The van der Waals surface area contributed by atoms with Gasteiger partial charge in [-0.2, -0.15) is 0 Å². The zero-order valence-corrected chi connectivity index (χ0v) is 13.3. The number of likely N-dealkylation sites (tertiary alicyclic amines) is 1. The van der Waals surface area contributed by atoms with Gasteiger partial charge in [-0.1, -0.05) is 37.3 Å². The van der Waals surface area contributed by atoms with Crippen LogP contribution in [0.15, 0.2) is 30.3 Å². The Labute approximate surface area is 129 Å². The molecule has 2 unspecified atom stereocenters. The number of benzene rings is 1. The highest BCUT2D eigenvalue weighted by Crippen LogP contribution is 2.11. The van der Waals surface area contributed by atoms with Gasteiger partial charge in [-0.25, -0.2) is 0 Å². The van der Waals surface area contributed by atoms with Gasteiger partial charge in [0.2, 0.25) is 0 Å². The molecule has 0 aliphatic carbocycles. The Kier molecular flexibility index (Phi) is 7.20. The molecule has 1 aromatic rings. The number of nitrogens with zero attached hydrogens (tertiary/aromatic N) is 1. The fraction of sp³-hybridized carbons (Fsp3) is 0.667. The Hall–Kier alpha value is -0.900. The first-order valence-electron chi connectivity index (χ1n) is 8.38. The maximum Gasteiger partial charge on any atom is 0.0456 e. The first-order chi connectivity index (χ1) is 10.3. The van der Waals surface area contributed by atoms with Crippen molar-refractivity contribution in [2.45, 2.75) is 38.6 Å². The van der Waals surface area contributed by atoms with Crippen molar-refractivity contribution in [1.82, 2.24) is 10.2 Å². The minimum absolute atomic E-state index is 0.316. The highest BCUT2D eigenvalue weighted by Gasteiger charge is 2.21. The molecule has 2 rings (SSSR count). The van der Waals surface area contributed by atoms with E-state index in [0.29, 0.717) is 18.6 Å². The summed E-state index contributed by atoms with van der Waals surface area (Å²) in [6, 6.07) is 11.4. The van der Waals surface area contributed by atoms with E-state index in [1.165, 1.54) is 38.0 Å². The summed E-state index contributed by atoms with van der Waals surface area (Å²) >= 11 is 0. The van der Waals surface area contributed by atoms with Crippen molar-refractivity contribution in [3.05, 3.63) is 35.9 Å². The zero-order chi connectivity index (χ0) is 14.9. The molecule has 2 N–H and O–H groups in total. The predicted octanol–water partition coefficient (Wildman–Crippen LogP) is 2.30. The Morgan fingerprint density at radius 1 is 1.33 bits per heavy atom. The number of rotatable bonds is 9. The summed E-state index contributed by atoms with van der Waals surface area (Å²) < 4.78 is 0. The van der Waals surface area contributed by atoms with Crippen LogP contribution in [-0.4, -0.2) is 48.8 Å². The third-order valence-electron chi connectivity index (χ3n) is 4.45. The highest BCUT2D eigenvalue weighted by atomic mass is 16.3. The van der Waals surface area contributed by atoms with E-state index >= 15 is 0 Å². The quantitative estimate of drug-likeness (QED) is 0.685. The summed E-state index contributed by atoms with van der Waals surface area (Å²) in [6.45, 7) is 7.09. The summed E-state index contributed by atoms with van der Waals surface area (Å²) in [5.74, 6) is 0.442. The molecule has 21 heavy (non-hydrogen) atoms. The summed E-state index contributed by atoms with van der Waals surface area (Å²) in [6.07, 6.45) is 4.71. The van der Waals surface area contributed by atoms with E-state index in [0.717, 1.165) is 19.4 Å². The number of hydrogen-bond donors (Lipinski definition) is 2. The molecule has 2 atom stereocenters. The van der Waals surface area contributed by atoms with Crippen LogP contribution in [0.25, 0.3) is 0 Å². The van der Waals surface area contributed by atoms with Crippen LogP contribution < -0.4 is 5.32 Å². The first-order valence-corrected chi connectivity index (χ1v) is 8.38. The van der Waals surface area contributed by atoms with Crippen LogP contribution in [0.1, 0.15) is 31.7 Å². The molecule has 0 saturated carbocycles. The maximum atomic E-state index is 9.01. The second-order valence-electron chi connectivity index (χ2n) is 6.41. The van der Waals surface area contributed by atoms with E-state index in [4.69, 9.17) is 5.11 Å². The van der Waals surface area contributed by atoms with Gasteiger partial charge in [0, 0.05) is 25.7 Å². The second kappa shape index (κ2) is 9.19. The van der Waals surface area contributed by atoms with Crippen LogP contribution in [0.2, 0.25) is 0 Å². The van der Waals surface area contributed by atoms with Crippen LogP contribution in [0.3, 0.4) is 0 Å².